The third-order valence-electron chi connectivity index (χ3n) is 2.83. The van der Waals surface area contributed by atoms with Crippen LogP contribution in [0.2, 0.25) is 0 Å². The minimum absolute atomic E-state index is 0.0444. The molecule has 0 unspecified atom stereocenters. The Hall–Kier alpha value is -1.94. The number of nitrogens with two attached hydrogens (primary N) is 1. The number of rotatable bonds is 5. The van der Waals surface area contributed by atoms with Gasteiger partial charge in [0.2, 0.25) is 5.78 Å². The van der Waals surface area contributed by atoms with Crippen molar-refractivity contribution in [1.29, 1.82) is 0 Å². The summed E-state index contributed by atoms with van der Waals surface area (Å²) in [5.74, 6) is 0.453. The Morgan fingerprint density at radius 1 is 1.33 bits per heavy atom. The van der Waals surface area contributed by atoms with E-state index in [-0.39, 0.29) is 5.78 Å². The molecule has 0 spiro atoms. The predicted octanol–water partition coefficient (Wildman–Crippen LogP) is 1.98. The van der Waals surface area contributed by atoms with Crippen LogP contribution in [0.25, 0.3) is 0 Å². The molecule has 4 heteroatoms. The van der Waals surface area contributed by atoms with Crippen LogP contribution in [-0.2, 0) is 13.1 Å². The minimum atomic E-state index is -0.0444. The lowest BCUT2D eigenvalue weighted by Crippen LogP contribution is -2.11. The summed E-state index contributed by atoms with van der Waals surface area (Å²) < 4.78 is 1.89. The second kappa shape index (κ2) is 5.60. The van der Waals surface area contributed by atoms with Crippen LogP contribution in [-0.4, -0.2) is 15.3 Å². The summed E-state index contributed by atoms with van der Waals surface area (Å²) in [4.78, 5) is 16.4. The van der Waals surface area contributed by atoms with Gasteiger partial charge in [-0.25, -0.2) is 4.98 Å². The van der Waals surface area contributed by atoms with Crippen molar-refractivity contribution in [3.05, 3.63) is 53.6 Å². The smallest absolute Gasteiger partial charge is 0.228 e. The number of aryl methyl sites for hydroxylation is 1. The van der Waals surface area contributed by atoms with Crippen LogP contribution in [0, 0.1) is 0 Å². The maximum absolute atomic E-state index is 12.3. The Bertz CT molecular complexity index is 528. The molecule has 0 radical (unpaired) electrons. The van der Waals surface area contributed by atoms with Gasteiger partial charge >= 0.3 is 0 Å². The van der Waals surface area contributed by atoms with Crippen LogP contribution < -0.4 is 5.73 Å². The lowest BCUT2D eigenvalue weighted by molar-refractivity contribution is 0.102. The first-order valence-electron chi connectivity index (χ1n) is 6.11. The Labute approximate surface area is 106 Å². The van der Waals surface area contributed by atoms with E-state index in [9.17, 15) is 4.79 Å². The van der Waals surface area contributed by atoms with E-state index in [2.05, 4.69) is 11.9 Å². The Morgan fingerprint density at radius 3 is 2.67 bits per heavy atom. The summed E-state index contributed by atoms with van der Waals surface area (Å²) in [5.41, 5.74) is 7.20. The third kappa shape index (κ3) is 2.49. The first kappa shape index (κ1) is 12.5. The van der Waals surface area contributed by atoms with Crippen molar-refractivity contribution < 1.29 is 4.79 Å². The fourth-order valence-electron chi connectivity index (χ4n) is 1.86. The van der Waals surface area contributed by atoms with Crippen molar-refractivity contribution in [2.75, 3.05) is 0 Å². The highest BCUT2D eigenvalue weighted by Crippen LogP contribution is 2.10. The molecule has 0 atom stereocenters. The Morgan fingerprint density at radius 2 is 2.06 bits per heavy atom. The molecule has 1 heterocycles. The molecular weight excluding hydrogens is 226 g/mol. The lowest BCUT2D eigenvalue weighted by Gasteiger charge is -2.05. The fraction of sp³-hybridized carbons (Fsp3) is 0.286. The van der Waals surface area contributed by atoms with Gasteiger partial charge in [0.25, 0.3) is 0 Å². The minimum Gasteiger partial charge on any atom is -0.328 e. The number of hydrogen-bond donors (Lipinski definition) is 1. The molecule has 4 nitrogen and oxygen atoms in total. The molecule has 2 rings (SSSR count). The number of carbonyl (C=O) groups is 1. The van der Waals surface area contributed by atoms with Crippen LogP contribution in [0.4, 0.5) is 0 Å². The normalized spacial score (nSPS) is 10.6. The molecule has 0 saturated carbocycles. The van der Waals surface area contributed by atoms with Gasteiger partial charge in [0, 0.05) is 31.0 Å². The van der Waals surface area contributed by atoms with Gasteiger partial charge in [-0.3, -0.25) is 4.79 Å². The van der Waals surface area contributed by atoms with Gasteiger partial charge in [0.1, 0.15) is 0 Å². The molecule has 0 fully saturated rings. The van der Waals surface area contributed by atoms with E-state index in [1.165, 1.54) is 0 Å². The molecule has 1 aromatic heterocycles. The van der Waals surface area contributed by atoms with Gasteiger partial charge in [-0.05, 0) is 12.0 Å². The standard InChI is InChI=1S/C14H17N3O/c1-2-8-17-9-7-16-14(17)13(18)12-5-3-11(10-15)4-6-12/h3-7,9H,2,8,10,15H2,1H3. The number of hydrogen-bond acceptors (Lipinski definition) is 3. The summed E-state index contributed by atoms with van der Waals surface area (Å²) >= 11 is 0. The van der Waals surface area contributed by atoms with Crippen molar-refractivity contribution in [3.8, 4) is 0 Å². The molecule has 18 heavy (non-hydrogen) atoms. The van der Waals surface area contributed by atoms with Gasteiger partial charge in [-0.2, -0.15) is 0 Å². The largest absolute Gasteiger partial charge is 0.328 e. The molecule has 2 aromatic rings. The van der Waals surface area contributed by atoms with Crippen LogP contribution in [0.1, 0.15) is 35.1 Å². The van der Waals surface area contributed by atoms with Crippen molar-refractivity contribution in [1.82, 2.24) is 9.55 Å². The van der Waals surface area contributed by atoms with Crippen molar-refractivity contribution in [3.63, 3.8) is 0 Å². The molecule has 0 saturated heterocycles. The molecular formula is C14H17N3O. The van der Waals surface area contributed by atoms with E-state index in [1.54, 1.807) is 18.3 Å². The molecule has 1 aromatic carbocycles. The summed E-state index contributed by atoms with van der Waals surface area (Å²) in [7, 11) is 0. The number of nitrogens with zero attached hydrogens (tertiary/aromatic N) is 2. The van der Waals surface area contributed by atoms with Crippen molar-refractivity contribution in [2.24, 2.45) is 5.73 Å². The van der Waals surface area contributed by atoms with E-state index in [0.29, 0.717) is 17.9 Å². The van der Waals surface area contributed by atoms with Gasteiger partial charge < -0.3 is 10.3 Å². The van der Waals surface area contributed by atoms with E-state index in [1.807, 2.05) is 22.9 Å². The monoisotopic (exact) mass is 243 g/mol. The lowest BCUT2D eigenvalue weighted by atomic mass is 10.1. The molecule has 0 aliphatic carbocycles. The molecule has 0 aliphatic heterocycles. The number of imidazole rings is 1. The van der Waals surface area contributed by atoms with Crippen LogP contribution >= 0.6 is 0 Å². The quantitative estimate of drug-likeness (QED) is 0.817. The van der Waals surface area contributed by atoms with E-state index < -0.39 is 0 Å². The highest BCUT2D eigenvalue weighted by molar-refractivity contribution is 6.06. The Balaban J connectivity index is 2.26. The van der Waals surface area contributed by atoms with Crippen LogP contribution in [0.5, 0.6) is 0 Å². The number of benzene rings is 1. The first-order chi connectivity index (χ1) is 8.76. The first-order valence-corrected chi connectivity index (χ1v) is 6.11. The maximum Gasteiger partial charge on any atom is 0.228 e. The van der Waals surface area contributed by atoms with Crippen LogP contribution in [0.3, 0.4) is 0 Å². The molecule has 94 valence electrons. The highest BCUT2D eigenvalue weighted by atomic mass is 16.1. The zero-order chi connectivity index (χ0) is 13.0. The number of carbonyl (C=O) groups excluding carboxylic acids is 1. The van der Waals surface area contributed by atoms with Crippen molar-refractivity contribution >= 4 is 5.78 Å². The molecule has 0 amide bonds. The van der Waals surface area contributed by atoms with Gasteiger partial charge in [-0.15, -0.1) is 0 Å². The third-order valence-corrected chi connectivity index (χ3v) is 2.83. The van der Waals surface area contributed by atoms with Gasteiger partial charge in [-0.1, -0.05) is 31.2 Å². The average molecular weight is 243 g/mol. The number of ketones is 1. The average Bonchev–Trinajstić information content (AvgIpc) is 2.87. The summed E-state index contributed by atoms with van der Waals surface area (Å²) in [6.07, 6.45) is 4.48. The Kier molecular flexibility index (Phi) is 3.89. The maximum atomic E-state index is 12.3. The van der Waals surface area contributed by atoms with Crippen LogP contribution in [0.15, 0.2) is 36.7 Å². The number of aromatic nitrogens is 2. The molecule has 2 N–H and O–H groups in total. The second-order valence-electron chi connectivity index (χ2n) is 4.17. The molecule has 0 aliphatic rings. The molecule has 0 bridgehead atoms. The summed E-state index contributed by atoms with van der Waals surface area (Å²) in [6.45, 7) is 3.37. The van der Waals surface area contributed by atoms with Gasteiger partial charge in [0.05, 0.1) is 0 Å². The predicted molar refractivity (Wildman–Crippen MR) is 70.3 cm³/mol. The topological polar surface area (TPSA) is 60.9 Å². The second-order valence-corrected chi connectivity index (χ2v) is 4.17. The summed E-state index contributed by atoms with van der Waals surface area (Å²) in [6, 6.07) is 7.35. The van der Waals surface area contributed by atoms with Gasteiger partial charge in [0.15, 0.2) is 5.82 Å². The highest BCUT2D eigenvalue weighted by Gasteiger charge is 2.14. The fourth-order valence-corrected chi connectivity index (χ4v) is 1.86. The van der Waals surface area contributed by atoms with E-state index in [0.717, 1.165) is 18.5 Å². The SMILES string of the molecule is CCCn1ccnc1C(=O)c1ccc(CN)cc1. The zero-order valence-electron chi connectivity index (χ0n) is 10.5. The van der Waals surface area contributed by atoms with E-state index >= 15 is 0 Å². The summed E-state index contributed by atoms with van der Waals surface area (Å²) in [5, 5.41) is 0. The zero-order valence-corrected chi connectivity index (χ0v) is 10.5. The van der Waals surface area contributed by atoms with Crippen molar-refractivity contribution in [2.45, 2.75) is 26.4 Å². The van der Waals surface area contributed by atoms with E-state index in [4.69, 9.17) is 5.73 Å².